The van der Waals surface area contributed by atoms with Crippen LogP contribution in [-0.4, -0.2) is 21.1 Å². The maximum absolute atomic E-state index is 14.8. The van der Waals surface area contributed by atoms with Crippen molar-refractivity contribution in [3.63, 3.8) is 0 Å². The first kappa shape index (κ1) is 19.0. The number of hydrogen-bond acceptors (Lipinski definition) is 4. The number of benzene rings is 1. The summed E-state index contributed by atoms with van der Waals surface area (Å²) in [4.78, 5) is 17.8. The average Bonchev–Trinajstić information content (AvgIpc) is 3.25. The minimum Gasteiger partial charge on any atom is -0.476 e. The highest BCUT2D eigenvalue weighted by atomic mass is 19.1. The van der Waals surface area contributed by atoms with E-state index in [1.165, 1.54) is 6.07 Å². The molecule has 1 spiro atoms. The summed E-state index contributed by atoms with van der Waals surface area (Å²) in [6, 6.07) is 5.56. The van der Waals surface area contributed by atoms with E-state index in [1.54, 1.807) is 43.7 Å². The van der Waals surface area contributed by atoms with Gasteiger partial charge >= 0.3 is 5.97 Å². The Bertz CT molecular complexity index is 1190. The van der Waals surface area contributed by atoms with E-state index in [0.29, 0.717) is 35.1 Å². The molecule has 1 aliphatic heterocycles. The molecule has 0 N–H and O–H groups in total. The molecule has 156 valence electrons. The monoisotopic (exact) mass is 412 g/mol. The zero-order chi connectivity index (χ0) is 21.3. The molecule has 1 aliphatic carbocycles. The van der Waals surface area contributed by atoms with Crippen molar-refractivity contribution < 1.29 is 23.0 Å². The van der Waals surface area contributed by atoms with E-state index in [1.807, 2.05) is 0 Å². The van der Waals surface area contributed by atoms with Gasteiger partial charge in [0.05, 0.1) is 16.9 Å². The first-order chi connectivity index (χ1) is 14.2. The molecule has 0 unspecified atom stereocenters. The normalized spacial score (nSPS) is 17.0. The van der Waals surface area contributed by atoms with E-state index < -0.39 is 28.8 Å². The second-order valence-electron chi connectivity index (χ2n) is 8.97. The van der Waals surface area contributed by atoms with Crippen LogP contribution >= 0.6 is 0 Å². The van der Waals surface area contributed by atoms with Gasteiger partial charge < -0.3 is 9.47 Å². The Labute approximate surface area is 172 Å². The lowest BCUT2D eigenvalue weighted by molar-refractivity contribution is 0.00497. The molecule has 0 saturated heterocycles. The van der Waals surface area contributed by atoms with Crippen LogP contribution in [0.5, 0.6) is 5.75 Å². The minimum absolute atomic E-state index is 0.0101. The Morgan fingerprint density at radius 2 is 1.97 bits per heavy atom. The first-order valence-corrected chi connectivity index (χ1v) is 10.1. The topological polar surface area (TPSA) is 53.4 Å². The highest BCUT2D eigenvalue weighted by molar-refractivity contribution is 6.06. The number of carbonyl (C=O) groups excluding carboxylic acids is 1. The summed E-state index contributed by atoms with van der Waals surface area (Å²) in [5.74, 6) is -1.99. The SMILES string of the molecule is CC(C)(C)OC(=O)c1c2n(c3ncccc13)-c1cc(F)cc(F)c1OC21CCCC1. The predicted molar refractivity (Wildman–Crippen MR) is 107 cm³/mol. The summed E-state index contributed by atoms with van der Waals surface area (Å²) in [5.41, 5.74) is -0.00789. The van der Waals surface area contributed by atoms with E-state index in [0.717, 1.165) is 18.9 Å². The van der Waals surface area contributed by atoms with Crippen molar-refractivity contribution in [1.82, 2.24) is 9.55 Å². The third-order valence-corrected chi connectivity index (χ3v) is 5.70. The zero-order valence-corrected chi connectivity index (χ0v) is 17.1. The standard InChI is InChI=1S/C23H22F2N2O3/c1-22(2,3)30-21(28)17-14-7-6-10-26-20(14)27-16-12-13(24)11-15(25)18(16)29-23(19(17)27)8-4-5-9-23/h6-7,10-12H,4-5,8-9H2,1-3H3. The molecule has 0 atom stereocenters. The van der Waals surface area contributed by atoms with Gasteiger partial charge in [0, 0.05) is 23.7 Å². The highest BCUT2D eigenvalue weighted by Gasteiger charge is 2.49. The summed E-state index contributed by atoms with van der Waals surface area (Å²) >= 11 is 0. The van der Waals surface area contributed by atoms with Crippen LogP contribution in [0.4, 0.5) is 8.78 Å². The fourth-order valence-corrected chi connectivity index (χ4v) is 4.66. The lowest BCUT2D eigenvalue weighted by Gasteiger charge is -2.37. The van der Waals surface area contributed by atoms with Gasteiger partial charge in [-0.3, -0.25) is 4.57 Å². The first-order valence-electron chi connectivity index (χ1n) is 10.1. The maximum Gasteiger partial charge on any atom is 0.341 e. The second kappa shape index (κ2) is 6.27. The Morgan fingerprint density at radius 1 is 1.23 bits per heavy atom. The van der Waals surface area contributed by atoms with E-state index in [4.69, 9.17) is 9.47 Å². The minimum atomic E-state index is -0.890. The molecule has 0 radical (unpaired) electrons. The molecule has 1 saturated carbocycles. The third-order valence-electron chi connectivity index (χ3n) is 5.70. The lowest BCUT2D eigenvalue weighted by atomic mass is 9.91. The molecule has 7 heteroatoms. The summed E-state index contributed by atoms with van der Waals surface area (Å²) in [5, 5.41) is 0.578. The molecule has 1 aromatic carbocycles. The van der Waals surface area contributed by atoms with Crippen LogP contribution in [0.15, 0.2) is 30.5 Å². The summed E-state index contributed by atoms with van der Waals surface area (Å²) in [6.07, 6.45) is 4.59. The molecule has 1 fully saturated rings. The van der Waals surface area contributed by atoms with Gasteiger partial charge in [0.2, 0.25) is 0 Å². The van der Waals surface area contributed by atoms with Crippen LogP contribution < -0.4 is 4.74 Å². The number of rotatable bonds is 1. The van der Waals surface area contributed by atoms with Gasteiger partial charge in [-0.15, -0.1) is 0 Å². The summed E-state index contributed by atoms with van der Waals surface area (Å²) < 4.78 is 42.6. The fourth-order valence-electron chi connectivity index (χ4n) is 4.66. The predicted octanol–water partition coefficient (Wildman–Crippen LogP) is 5.42. The second-order valence-corrected chi connectivity index (χ2v) is 8.97. The zero-order valence-electron chi connectivity index (χ0n) is 17.1. The maximum atomic E-state index is 14.8. The molecule has 2 aromatic heterocycles. The van der Waals surface area contributed by atoms with Crippen molar-refractivity contribution in [2.75, 3.05) is 0 Å². The van der Waals surface area contributed by atoms with Crippen molar-refractivity contribution in [1.29, 1.82) is 0 Å². The van der Waals surface area contributed by atoms with Crippen LogP contribution in [0, 0.1) is 11.6 Å². The van der Waals surface area contributed by atoms with Gasteiger partial charge in [-0.2, -0.15) is 0 Å². The van der Waals surface area contributed by atoms with Crippen molar-refractivity contribution in [3.05, 3.63) is 53.4 Å². The van der Waals surface area contributed by atoms with E-state index in [2.05, 4.69) is 4.98 Å². The number of halogens is 2. The Morgan fingerprint density at radius 3 is 2.67 bits per heavy atom. The van der Waals surface area contributed by atoms with Gasteiger partial charge in [-0.05, 0) is 58.6 Å². The van der Waals surface area contributed by atoms with Gasteiger partial charge in [-0.1, -0.05) is 0 Å². The van der Waals surface area contributed by atoms with Crippen molar-refractivity contribution in [2.45, 2.75) is 57.7 Å². The lowest BCUT2D eigenvalue weighted by Crippen LogP contribution is -2.38. The molecule has 0 amide bonds. The van der Waals surface area contributed by atoms with Gasteiger partial charge in [0.25, 0.3) is 0 Å². The molecule has 5 rings (SSSR count). The number of esters is 1. The molecule has 3 heterocycles. The number of hydrogen-bond donors (Lipinski definition) is 0. The van der Waals surface area contributed by atoms with E-state index in [-0.39, 0.29) is 11.4 Å². The third kappa shape index (κ3) is 2.71. The van der Waals surface area contributed by atoms with Crippen LogP contribution in [-0.2, 0) is 10.3 Å². The number of ether oxygens (including phenoxy) is 2. The van der Waals surface area contributed by atoms with Crippen molar-refractivity contribution in [2.24, 2.45) is 0 Å². The largest absolute Gasteiger partial charge is 0.476 e. The Balaban J connectivity index is 1.90. The molecule has 0 bridgehead atoms. The Kier molecular flexibility index (Phi) is 3.98. The number of nitrogens with zero attached hydrogens (tertiary/aromatic N) is 2. The number of pyridine rings is 1. The number of aromatic nitrogens is 2. The van der Waals surface area contributed by atoms with Crippen LogP contribution in [0.2, 0.25) is 0 Å². The number of fused-ring (bicyclic) bond motifs is 6. The summed E-state index contributed by atoms with van der Waals surface area (Å²) in [7, 11) is 0. The van der Waals surface area contributed by atoms with Crippen molar-refractivity contribution in [3.8, 4) is 11.4 Å². The molecule has 5 nitrogen and oxygen atoms in total. The quantitative estimate of drug-likeness (QED) is 0.501. The van der Waals surface area contributed by atoms with Gasteiger partial charge in [0.15, 0.2) is 17.2 Å². The van der Waals surface area contributed by atoms with E-state index >= 15 is 0 Å². The van der Waals surface area contributed by atoms with E-state index in [9.17, 15) is 13.6 Å². The summed E-state index contributed by atoms with van der Waals surface area (Å²) in [6.45, 7) is 5.40. The molecule has 2 aliphatic rings. The molecule has 3 aromatic rings. The molecular formula is C23H22F2N2O3. The van der Waals surface area contributed by atoms with Crippen LogP contribution in [0.1, 0.15) is 62.5 Å². The smallest absolute Gasteiger partial charge is 0.341 e. The Hall–Kier alpha value is -2.96. The molecular weight excluding hydrogens is 390 g/mol. The fraction of sp³-hybridized carbons (Fsp3) is 0.391. The molecule has 30 heavy (non-hydrogen) atoms. The van der Waals surface area contributed by atoms with Crippen molar-refractivity contribution >= 4 is 17.0 Å². The van der Waals surface area contributed by atoms with Gasteiger partial charge in [-0.25, -0.2) is 18.6 Å². The van der Waals surface area contributed by atoms with Gasteiger partial charge in [0.1, 0.15) is 17.1 Å². The highest BCUT2D eigenvalue weighted by Crippen LogP contribution is 2.52. The average molecular weight is 412 g/mol. The van der Waals surface area contributed by atoms with Crippen LogP contribution in [0.25, 0.3) is 16.7 Å². The number of carbonyl (C=O) groups is 1. The van der Waals surface area contributed by atoms with Crippen LogP contribution in [0.3, 0.4) is 0 Å².